The minimum Gasteiger partial charge on any atom is -0.429 e. The third-order valence-electron chi connectivity index (χ3n) is 3.66. The molecule has 2 atom stereocenters. The van der Waals surface area contributed by atoms with E-state index in [1.165, 1.54) is 0 Å². The number of rotatable bonds is 2. The van der Waals surface area contributed by atoms with E-state index in [4.69, 9.17) is 4.74 Å². The Bertz CT molecular complexity index is 449. The normalized spacial score (nSPS) is 28.7. The zero-order valence-electron chi connectivity index (χ0n) is 11.4. The van der Waals surface area contributed by atoms with Gasteiger partial charge in [0.05, 0.1) is 0 Å². The van der Waals surface area contributed by atoms with Crippen LogP contribution in [-0.4, -0.2) is 29.3 Å². The van der Waals surface area contributed by atoms with Gasteiger partial charge in [0.15, 0.2) is 11.8 Å². The van der Waals surface area contributed by atoms with Crippen molar-refractivity contribution >= 4 is 21.0 Å². The molecule has 1 aliphatic carbocycles. The summed E-state index contributed by atoms with van der Waals surface area (Å²) in [4.78, 5) is 6.25. The zero-order chi connectivity index (χ0) is 15.9. The molecule has 0 spiro atoms. The molecule has 0 aromatic carbocycles. The van der Waals surface area contributed by atoms with E-state index in [0.717, 1.165) is 35.4 Å². The number of aliphatic imine (C=N–C) groups is 2. The molecule has 0 N–H and O–H groups in total. The summed E-state index contributed by atoms with van der Waals surface area (Å²) in [5.74, 6) is -1.08. The molecule has 0 saturated heterocycles. The minimum atomic E-state index is -5.32. The van der Waals surface area contributed by atoms with E-state index in [1.54, 1.807) is 0 Å². The maximum absolute atomic E-state index is 13.6. The Labute approximate surface area is 121 Å². The lowest BCUT2D eigenvalue weighted by atomic mass is 9.88. The molecule has 0 aromatic rings. The van der Waals surface area contributed by atoms with Crippen LogP contribution in [-0.2, 0) is 4.74 Å². The first kappa shape index (κ1) is 16.6. The van der Waals surface area contributed by atoms with E-state index in [9.17, 15) is 22.0 Å². The van der Waals surface area contributed by atoms with Crippen molar-refractivity contribution in [3.05, 3.63) is 0 Å². The summed E-state index contributed by atoms with van der Waals surface area (Å²) in [6, 6.07) is 0. The minimum absolute atomic E-state index is 0.276. The van der Waals surface area contributed by atoms with Gasteiger partial charge >= 0.3 is 17.5 Å². The summed E-state index contributed by atoms with van der Waals surface area (Å²) in [6.07, 6.45) is -1.53. The van der Waals surface area contributed by atoms with Gasteiger partial charge in [0, 0.05) is 12.8 Å². The number of hydrogen-bond acceptors (Lipinski definition) is 3. The second-order valence-electron chi connectivity index (χ2n) is 5.31. The molecule has 120 valence electrons. The lowest BCUT2D eigenvalue weighted by Crippen LogP contribution is -2.56. The lowest BCUT2D eigenvalue weighted by molar-refractivity contribution is -0.226. The number of alkyl halides is 5. The van der Waals surface area contributed by atoms with Gasteiger partial charge in [-0.2, -0.15) is 22.0 Å². The second-order valence-corrected chi connectivity index (χ2v) is 6.04. The van der Waals surface area contributed by atoms with Crippen LogP contribution in [0.2, 0.25) is 0 Å². The molecule has 2 unspecified atom stereocenters. The van der Waals surface area contributed by atoms with Crippen molar-refractivity contribution < 1.29 is 26.7 Å². The fraction of sp³-hybridized carbons (Fsp3) is 0.833. The van der Waals surface area contributed by atoms with Crippen molar-refractivity contribution in [2.75, 3.05) is 0 Å². The average Bonchev–Trinajstić information content (AvgIpc) is 2.36. The predicted molar refractivity (Wildman–Crippen MR) is 71.6 cm³/mol. The van der Waals surface area contributed by atoms with Crippen molar-refractivity contribution in [2.45, 2.75) is 56.5 Å². The SMILES string of the molecule is CC1=NC(C(F)(F)F)(C(F)(F)P)N=C(C2CCCCC2)O1. The molecule has 1 heterocycles. The fourth-order valence-electron chi connectivity index (χ4n) is 2.60. The van der Waals surface area contributed by atoms with Gasteiger partial charge in [0.1, 0.15) is 0 Å². The van der Waals surface area contributed by atoms with E-state index in [0.29, 0.717) is 12.8 Å². The first-order valence-corrected chi connectivity index (χ1v) is 7.22. The van der Waals surface area contributed by atoms with E-state index in [-0.39, 0.29) is 11.8 Å². The third-order valence-corrected chi connectivity index (χ3v) is 4.06. The highest BCUT2D eigenvalue weighted by atomic mass is 31.0. The van der Waals surface area contributed by atoms with Gasteiger partial charge in [-0.3, -0.25) is 0 Å². The molecule has 3 nitrogen and oxygen atoms in total. The highest BCUT2D eigenvalue weighted by Gasteiger charge is 2.70. The molecule has 1 fully saturated rings. The van der Waals surface area contributed by atoms with Crippen LogP contribution >= 0.6 is 9.24 Å². The van der Waals surface area contributed by atoms with Crippen LogP contribution < -0.4 is 0 Å². The molecule has 21 heavy (non-hydrogen) atoms. The smallest absolute Gasteiger partial charge is 0.429 e. The molecule has 0 amide bonds. The van der Waals surface area contributed by atoms with Gasteiger partial charge in [-0.15, -0.1) is 0 Å². The average molecular weight is 330 g/mol. The van der Waals surface area contributed by atoms with Gasteiger partial charge in [-0.25, -0.2) is 9.98 Å². The van der Waals surface area contributed by atoms with Crippen LogP contribution in [0.4, 0.5) is 22.0 Å². The van der Waals surface area contributed by atoms with Crippen LogP contribution in [0.15, 0.2) is 9.98 Å². The van der Waals surface area contributed by atoms with Crippen molar-refractivity contribution in [1.82, 2.24) is 0 Å². The Balaban J connectivity index is 2.47. The molecule has 9 heteroatoms. The molecule has 1 saturated carbocycles. The number of ether oxygens (including phenoxy) is 1. The first-order valence-electron chi connectivity index (χ1n) is 6.64. The summed E-state index contributed by atoms with van der Waals surface area (Å²) < 4.78 is 72.2. The number of hydrogen-bond donors (Lipinski definition) is 0. The monoisotopic (exact) mass is 330 g/mol. The molecule has 2 rings (SSSR count). The maximum atomic E-state index is 13.6. The number of halogens is 5. The third kappa shape index (κ3) is 3.05. The summed E-state index contributed by atoms with van der Waals surface area (Å²) in [6.45, 7) is 1.13. The molecular formula is C12H16F5N2OP. The lowest BCUT2D eigenvalue weighted by Gasteiger charge is -2.37. The largest absolute Gasteiger partial charge is 0.440 e. The molecule has 0 bridgehead atoms. The van der Waals surface area contributed by atoms with Crippen molar-refractivity contribution in [3.63, 3.8) is 0 Å². The fourth-order valence-corrected chi connectivity index (χ4v) is 2.89. The second kappa shape index (κ2) is 5.45. The maximum Gasteiger partial charge on any atom is 0.440 e. The zero-order valence-corrected chi connectivity index (χ0v) is 12.5. The van der Waals surface area contributed by atoms with E-state index in [2.05, 4.69) is 9.98 Å². The quantitative estimate of drug-likeness (QED) is 0.553. The molecule has 2 aliphatic rings. The molecule has 0 radical (unpaired) electrons. The Morgan fingerprint density at radius 2 is 1.67 bits per heavy atom. The van der Waals surface area contributed by atoms with Gasteiger partial charge in [-0.1, -0.05) is 28.5 Å². The van der Waals surface area contributed by atoms with Crippen LogP contribution in [0.1, 0.15) is 39.0 Å². The topological polar surface area (TPSA) is 34.0 Å². The summed E-state index contributed by atoms with van der Waals surface area (Å²) in [5, 5.41) is 0. The van der Waals surface area contributed by atoms with Crippen molar-refractivity contribution in [3.8, 4) is 0 Å². The van der Waals surface area contributed by atoms with Crippen LogP contribution in [0, 0.1) is 5.92 Å². The highest BCUT2D eigenvalue weighted by Crippen LogP contribution is 2.51. The molecule has 1 aliphatic heterocycles. The Kier molecular flexibility index (Phi) is 4.30. The van der Waals surface area contributed by atoms with E-state index in [1.807, 2.05) is 0 Å². The van der Waals surface area contributed by atoms with E-state index >= 15 is 0 Å². The van der Waals surface area contributed by atoms with Crippen molar-refractivity contribution in [1.29, 1.82) is 0 Å². The summed E-state index contributed by atoms with van der Waals surface area (Å²) in [7, 11) is 0.898. The standard InChI is InChI=1S/C12H16F5N2OP/c1-7-18-10(11(13,14)15,12(16,17)21)19-9(20-7)8-5-3-2-4-6-8/h8H,2-6,21H2,1H3. The highest BCUT2D eigenvalue weighted by molar-refractivity contribution is 7.18. The Hall–Kier alpha value is -0.780. The van der Waals surface area contributed by atoms with Crippen LogP contribution in [0.5, 0.6) is 0 Å². The Morgan fingerprint density at radius 1 is 1.10 bits per heavy atom. The number of nitrogens with zero attached hydrogens (tertiary/aromatic N) is 2. The summed E-state index contributed by atoms with van der Waals surface area (Å²) >= 11 is 0. The van der Waals surface area contributed by atoms with Crippen molar-refractivity contribution in [2.24, 2.45) is 15.9 Å². The molecular weight excluding hydrogens is 314 g/mol. The predicted octanol–water partition coefficient (Wildman–Crippen LogP) is 4.14. The van der Waals surface area contributed by atoms with Gasteiger partial charge in [0.25, 0.3) is 0 Å². The summed E-state index contributed by atoms with van der Waals surface area (Å²) in [5.41, 5.74) is -8.07. The Morgan fingerprint density at radius 3 is 2.14 bits per heavy atom. The molecule has 0 aromatic heterocycles. The van der Waals surface area contributed by atoms with Crippen LogP contribution in [0.25, 0.3) is 0 Å². The van der Waals surface area contributed by atoms with Crippen LogP contribution in [0.3, 0.4) is 0 Å². The van der Waals surface area contributed by atoms with Gasteiger partial charge in [0.2, 0.25) is 0 Å². The first-order chi connectivity index (χ1) is 9.57. The van der Waals surface area contributed by atoms with Gasteiger partial charge < -0.3 is 4.74 Å². The van der Waals surface area contributed by atoms with Gasteiger partial charge in [-0.05, 0) is 12.8 Å². The van der Waals surface area contributed by atoms with E-state index < -0.39 is 23.4 Å².